The summed E-state index contributed by atoms with van der Waals surface area (Å²) >= 11 is 0. The SMILES string of the molecule is CN(CC(=O)N1CCC(C(=O)O)CC1)C(=O)c1cncnc1-c1ccccc1. The van der Waals surface area contributed by atoms with Crippen molar-refractivity contribution in [2.24, 2.45) is 5.92 Å². The van der Waals surface area contributed by atoms with E-state index in [9.17, 15) is 14.4 Å². The molecule has 0 atom stereocenters. The number of carbonyl (C=O) groups excluding carboxylic acids is 2. The molecule has 8 heteroatoms. The lowest BCUT2D eigenvalue weighted by Crippen LogP contribution is -2.45. The van der Waals surface area contributed by atoms with Gasteiger partial charge in [-0.25, -0.2) is 9.97 Å². The number of hydrogen-bond acceptors (Lipinski definition) is 5. The van der Waals surface area contributed by atoms with E-state index in [1.807, 2.05) is 30.3 Å². The molecule has 0 unspecified atom stereocenters. The Hall–Kier alpha value is -3.29. The van der Waals surface area contributed by atoms with E-state index in [-0.39, 0.29) is 18.4 Å². The minimum absolute atomic E-state index is 0.0836. The minimum atomic E-state index is -0.822. The second-order valence-electron chi connectivity index (χ2n) is 6.81. The van der Waals surface area contributed by atoms with E-state index in [0.29, 0.717) is 37.2 Å². The first-order chi connectivity index (χ1) is 13.5. The van der Waals surface area contributed by atoms with Crippen LogP contribution in [0.25, 0.3) is 11.3 Å². The Morgan fingerprint density at radius 3 is 2.50 bits per heavy atom. The van der Waals surface area contributed by atoms with E-state index >= 15 is 0 Å². The zero-order chi connectivity index (χ0) is 20.1. The molecular formula is C20H22N4O4. The Labute approximate surface area is 162 Å². The largest absolute Gasteiger partial charge is 0.481 e. The molecule has 1 aromatic carbocycles. The summed E-state index contributed by atoms with van der Waals surface area (Å²) in [5.41, 5.74) is 1.64. The highest BCUT2D eigenvalue weighted by Crippen LogP contribution is 2.21. The van der Waals surface area contributed by atoms with Crippen LogP contribution >= 0.6 is 0 Å². The molecule has 0 radical (unpaired) electrons. The molecule has 3 rings (SSSR count). The first-order valence-corrected chi connectivity index (χ1v) is 9.09. The Morgan fingerprint density at radius 1 is 1.18 bits per heavy atom. The first kappa shape index (κ1) is 19.5. The average Bonchev–Trinajstić information content (AvgIpc) is 2.73. The van der Waals surface area contributed by atoms with Crippen LogP contribution in [0.3, 0.4) is 0 Å². The molecule has 8 nitrogen and oxygen atoms in total. The number of piperidine rings is 1. The van der Waals surface area contributed by atoms with E-state index < -0.39 is 11.9 Å². The van der Waals surface area contributed by atoms with Crippen molar-refractivity contribution < 1.29 is 19.5 Å². The highest BCUT2D eigenvalue weighted by Gasteiger charge is 2.28. The topological polar surface area (TPSA) is 104 Å². The summed E-state index contributed by atoms with van der Waals surface area (Å²) in [5.74, 6) is -1.76. The lowest BCUT2D eigenvalue weighted by molar-refractivity contribution is -0.145. The van der Waals surface area contributed by atoms with Gasteiger partial charge >= 0.3 is 5.97 Å². The van der Waals surface area contributed by atoms with Crippen LogP contribution in [0.4, 0.5) is 0 Å². The number of hydrogen-bond donors (Lipinski definition) is 1. The molecule has 28 heavy (non-hydrogen) atoms. The summed E-state index contributed by atoms with van der Waals surface area (Å²) in [6, 6.07) is 9.32. The van der Waals surface area contributed by atoms with Gasteiger partial charge in [0.1, 0.15) is 6.33 Å². The molecule has 1 saturated heterocycles. The number of carboxylic acid groups (broad SMARTS) is 1. The highest BCUT2D eigenvalue weighted by atomic mass is 16.4. The number of carbonyl (C=O) groups is 3. The standard InChI is InChI=1S/C20H22N4O4/c1-23(12-17(25)24-9-7-15(8-10-24)20(27)28)19(26)16-11-21-13-22-18(16)14-5-3-2-4-6-14/h2-6,11,13,15H,7-10,12H2,1H3,(H,27,28). The number of nitrogens with zero attached hydrogens (tertiary/aromatic N) is 4. The second-order valence-corrected chi connectivity index (χ2v) is 6.81. The van der Waals surface area contributed by atoms with Gasteiger partial charge in [-0.15, -0.1) is 0 Å². The number of likely N-dealkylation sites (N-methyl/N-ethyl adjacent to an activating group) is 1. The van der Waals surface area contributed by atoms with Crippen molar-refractivity contribution in [2.75, 3.05) is 26.7 Å². The molecule has 1 aliphatic heterocycles. The lowest BCUT2D eigenvalue weighted by Gasteiger charge is -2.31. The molecule has 1 aromatic heterocycles. The third-order valence-electron chi connectivity index (χ3n) is 4.91. The van der Waals surface area contributed by atoms with Crippen LogP contribution in [-0.4, -0.2) is 69.3 Å². The predicted octanol–water partition coefficient (Wildman–Crippen LogP) is 1.54. The van der Waals surface area contributed by atoms with Crippen molar-refractivity contribution in [1.82, 2.24) is 19.8 Å². The number of carboxylic acids is 1. The van der Waals surface area contributed by atoms with Crippen molar-refractivity contribution in [3.05, 3.63) is 48.4 Å². The maximum atomic E-state index is 12.9. The summed E-state index contributed by atoms with van der Waals surface area (Å²) in [4.78, 5) is 47.6. The number of aromatic nitrogens is 2. The number of rotatable bonds is 5. The van der Waals surface area contributed by atoms with Gasteiger partial charge < -0.3 is 14.9 Å². The van der Waals surface area contributed by atoms with Crippen LogP contribution in [0.2, 0.25) is 0 Å². The fraction of sp³-hybridized carbons (Fsp3) is 0.350. The van der Waals surface area contributed by atoms with Crippen LogP contribution in [-0.2, 0) is 9.59 Å². The zero-order valence-corrected chi connectivity index (χ0v) is 15.6. The van der Waals surface area contributed by atoms with Crippen molar-refractivity contribution >= 4 is 17.8 Å². The van der Waals surface area contributed by atoms with Gasteiger partial charge in [-0.3, -0.25) is 14.4 Å². The van der Waals surface area contributed by atoms with Gasteiger partial charge in [0.25, 0.3) is 5.91 Å². The van der Waals surface area contributed by atoms with Crippen molar-refractivity contribution in [1.29, 1.82) is 0 Å². The fourth-order valence-corrected chi connectivity index (χ4v) is 3.27. The van der Waals surface area contributed by atoms with Crippen LogP contribution < -0.4 is 0 Å². The molecule has 2 heterocycles. The summed E-state index contributed by atoms with van der Waals surface area (Å²) < 4.78 is 0. The molecule has 0 aliphatic carbocycles. The van der Waals surface area contributed by atoms with Gasteiger partial charge in [-0.2, -0.15) is 0 Å². The third-order valence-corrected chi connectivity index (χ3v) is 4.91. The number of benzene rings is 1. The molecular weight excluding hydrogens is 360 g/mol. The summed E-state index contributed by atoms with van der Waals surface area (Å²) in [7, 11) is 1.56. The number of likely N-dealkylation sites (tertiary alicyclic amines) is 1. The molecule has 1 fully saturated rings. The van der Waals surface area contributed by atoms with E-state index in [4.69, 9.17) is 5.11 Å². The Bertz CT molecular complexity index is 864. The normalized spacial score (nSPS) is 14.5. The quantitative estimate of drug-likeness (QED) is 0.841. The minimum Gasteiger partial charge on any atom is -0.481 e. The summed E-state index contributed by atoms with van der Waals surface area (Å²) in [5, 5.41) is 9.06. The predicted molar refractivity (Wildman–Crippen MR) is 101 cm³/mol. The zero-order valence-electron chi connectivity index (χ0n) is 15.6. The maximum Gasteiger partial charge on any atom is 0.306 e. The van der Waals surface area contributed by atoms with E-state index in [2.05, 4.69) is 9.97 Å². The monoisotopic (exact) mass is 382 g/mol. The molecule has 0 spiro atoms. The summed E-state index contributed by atoms with van der Waals surface area (Å²) in [6.45, 7) is 0.697. The second kappa shape index (κ2) is 8.60. The molecule has 1 aliphatic rings. The van der Waals surface area contributed by atoms with Crippen molar-refractivity contribution in [3.8, 4) is 11.3 Å². The van der Waals surface area contributed by atoms with E-state index in [0.717, 1.165) is 5.56 Å². The van der Waals surface area contributed by atoms with Crippen molar-refractivity contribution in [3.63, 3.8) is 0 Å². The number of amides is 2. The highest BCUT2D eigenvalue weighted by molar-refractivity contribution is 6.00. The van der Waals surface area contributed by atoms with Crippen LogP contribution in [0.15, 0.2) is 42.9 Å². The van der Waals surface area contributed by atoms with Gasteiger partial charge in [-0.05, 0) is 12.8 Å². The van der Waals surface area contributed by atoms with Gasteiger partial charge in [0, 0.05) is 31.9 Å². The lowest BCUT2D eigenvalue weighted by atomic mass is 9.97. The van der Waals surface area contributed by atoms with E-state index in [1.165, 1.54) is 17.4 Å². The van der Waals surface area contributed by atoms with Gasteiger partial charge in [0.05, 0.1) is 23.7 Å². The molecule has 1 N–H and O–H groups in total. The Kier molecular flexibility index (Phi) is 5.98. The molecule has 146 valence electrons. The molecule has 2 amide bonds. The average molecular weight is 382 g/mol. The third kappa shape index (κ3) is 4.33. The maximum absolute atomic E-state index is 12.9. The smallest absolute Gasteiger partial charge is 0.306 e. The van der Waals surface area contributed by atoms with Gasteiger partial charge in [-0.1, -0.05) is 30.3 Å². The first-order valence-electron chi connectivity index (χ1n) is 9.09. The van der Waals surface area contributed by atoms with Crippen LogP contribution in [0.5, 0.6) is 0 Å². The Balaban J connectivity index is 1.67. The van der Waals surface area contributed by atoms with Crippen LogP contribution in [0, 0.1) is 5.92 Å². The molecule has 2 aromatic rings. The van der Waals surface area contributed by atoms with Gasteiger partial charge in [0.2, 0.25) is 5.91 Å². The van der Waals surface area contributed by atoms with Crippen molar-refractivity contribution in [2.45, 2.75) is 12.8 Å². The number of aliphatic carboxylic acids is 1. The molecule has 0 saturated carbocycles. The summed E-state index contributed by atoms with van der Waals surface area (Å²) in [6.07, 6.45) is 3.71. The van der Waals surface area contributed by atoms with Gasteiger partial charge in [0.15, 0.2) is 0 Å². The van der Waals surface area contributed by atoms with Crippen LogP contribution in [0.1, 0.15) is 23.2 Å². The van der Waals surface area contributed by atoms with E-state index in [1.54, 1.807) is 11.9 Å². The molecule has 0 bridgehead atoms. The fourth-order valence-electron chi connectivity index (χ4n) is 3.27. The Morgan fingerprint density at radius 2 is 1.86 bits per heavy atom.